The van der Waals surface area contributed by atoms with E-state index in [1.807, 2.05) is 0 Å². The fraction of sp³-hybridized carbons (Fsp3) is 0.840. The van der Waals surface area contributed by atoms with Gasteiger partial charge in [-0.1, -0.05) is 93.0 Å². The minimum absolute atomic E-state index is 0.320. The lowest BCUT2D eigenvalue weighted by molar-refractivity contribution is -0.139. The first-order chi connectivity index (χ1) is 15.5. The van der Waals surface area contributed by atoms with Crippen LogP contribution in [0.5, 0.6) is 0 Å². The quantitative estimate of drug-likeness (QED) is 0.0904. The van der Waals surface area contributed by atoms with Crippen molar-refractivity contribution in [3.8, 4) is 0 Å². The summed E-state index contributed by atoms with van der Waals surface area (Å²) in [7, 11) is 2.28. The number of carboxylic acid groups (broad SMARTS) is 2. The maximum absolute atomic E-state index is 10.9. The summed E-state index contributed by atoms with van der Waals surface area (Å²) in [6, 6.07) is -0.476. The second-order valence-corrected chi connectivity index (χ2v) is 9.26. The third-order valence-electron chi connectivity index (χ3n) is 5.91. The molecule has 0 rings (SSSR count). The van der Waals surface area contributed by atoms with Gasteiger partial charge in [-0.25, -0.2) is 0 Å². The van der Waals surface area contributed by atoms with Crippen LogP contribution in [0, 0.1) is 0 Å². The Hall–Kier alpha value is -1.13. The first-order valence-electron chi connectivity index (χ1n) is 12.8. The topological polar surface area (TPSA) is 98.7 Å². The maximum Gasteiger partial charge on any atom is 0.320 e. The lowest BCUT2D eigenvalue weighted by atomic mass is 10.0. The predicted molar refractivity (Wildman–Crippen MR) is 137 cm³/mol. The van der Waals surface area contributed by atoms with Gasteiger partial charge in [0.2, 0.25) is 0 Å². The highest BCUT2D eigenvalue weighted by Gasteiger charge is 2.13. The Morgan fingerprint density at radius 1 is 0.688 bits per heavy atom. The van der Waals surface area contributed by atoms with Crippen LogP contribution in [0.1, 0.15) is 122 Å². The van der Waals surface area contributed by atoms with E-state index in [1.54, 1.807) is 0 Å². The largest absolute Gasteiger partial charge is 0.481 e. The molecule has 6 nitrogen and oxygen atoms in total. The predicted octanol–water partition coefficient (Wildman–Crippen LogP) is 6.42. The highest BCUT2D eigenvalue weighted by atomic mass is 31.0. The van der Waals surface area contributed by atoms with E-state index in [0.717, 1.165) is 44.3 Å². The summed E-state index contributed by atoms with van der Waals surface area (Å²) in [4.78, 5) is 21.3. The van der Waals surface area contributed by atoms with E-state index in [0.29, 0.717) is 12.8 Å². The number of allylic oxidation sites excluding steroid dienone is 1. The van der Waals surface area contributed by atoms with Gasteiger partial charge < -0.3 is 15.5 Å². The summed E-state index contributed by atoms with van der Waals surface area (Å²) in [5, 5.41) is 23.7. The highest BCUT2D eigenvalue weighted by Crippen LogP contribution is 2.14. The maximum atomic E-state index is 10.9. The molecule has 32 heavy (non-hydrogen) atoms. The Bertz CT molecular complexity index is 489. The van der Waals surface area contributed by atoms with Crippen LogP contribution in [-0.4, -0.2) is 34.7 Å². The van der Waals surface area contributed by atoms with Crippen LogP contribution in [0.15, 0.2) is 12.3 Å². The number of rotatable bonds is 25. The van der Waals surface area contributed by atoms with E-state index in [4.69, 9.17) is 10.2 Å². The van der Waals surface area contributed by atoms with Crippen LogP contribution < -0.4 is 10.4 Å². The fourth-order valence-electron chi connectivity index (χ4n) is 3.84. The molecule has 0 bridgehead atoms. The number of carbonyl (C=O) groups is 2. The number of hydrogen-bond acceptors (Lipinski definition) is 4. The van der Waals surface area contributed by atoms with Gasteiger partial charge in [0, 0.05) is 18.7 Å². The van der Waals surface area contributed by atoms with Gasteiger partial charge in [-0.3, -0.25) is 14.7 Å². The van der Waals surface area contributed by atoms with Crippen molar-refractivity contribution in [2.75, 3.05) is 6.54 Å². The molecule has 0 saturated heterocycles. The molecular weight excluding hydrogens is 423 g/mol. The minimum Gasteiger partial charge on any atom is -0.481 e. The van der Waals surface area contributed by atoms with Crippen LogP contribution in [0.25, 0.3) is 0 Å². The van der Waals surface area contributed by atoms with Crippen molar-refractivity contribution in [1.82, 2.24) is 10.4 Å². The van der Waals surface area contributed by atoms with Crippen molar-refractivity contribution in [2.24, 2.45) is 0 Å². The Morgan fingerprint density at radius 3 is 1.53 bits per heavy atom. The van der Waals surface area contributed by atoms with Crippen molar-refractivity contribution >= 4 is 21.3 Å². The summed E-state index contributed by atoms with van der Waals surface area (Å²) < 4.78 is 0. The van der Waals surface area contributed by atoms with Crippen LogP contribution in [0.3, 0.4) is 0 Å². The number of nitrogens with one attached hydrogen (secondary N) is 2. The summed E-state index contributed by atoms with van der Waals surface area (Å²) in [6.07, 6.45) is 21.2. The molecule has 7 heteroatoms. The van der Waals surface area contributed by atoms with E-state index in [2.05, 4.69) is 26.4 Å². The van der Waals surface area contributed by atoms with Crippen LogP contribution in [-0.2, 0) is 9.59 Å². The van der Waals surface area contributed by atoms with Gasteiger partial charge in [0.1, 0.15) is 6.04 Å². The van der Waals surface area contributed by atoms with Gasteiger partial charge >= 0.3 is 11.9 Å². The van der Waals surface area contributed by atoms with E-state index >= 15 is 0 Å². The van der Waals surface area contributed by atoms with Crippen LogP contribution >= 0.6 is 9.39 Å². The number of aliphatic carboxylic acids is 2. The Morgan fingerprint density at radius 2 is 1.12 bits per heavy atom. The molecule has 0 amide bonds. The minimum atomic E-state index is -0.796. The third-order valence-corrected chi connectivity index (χ3v) is 6.32. The highest BCUT2D eigenvalue weighted by molar-refractivity contribution is 7.13. The SMILES string of the molecule is C=C(CCCCCCCCCCCCCCCCC(=O)O)NCCCC[C@H](NP)C(=O)O. The molecule has 0 aromatic carbocycles. The monoisotopic (exact) mass is 472 g/mol. The molecule has 0 fully saturated rings. The van der Waals surface area contributed by atoms with E-state index < -0.39 is 18.0 Å². The molecule has 0 aromatic heterocycles. The van der Waals surface area contributed by atoms with E-state index in [1.165, 1.54) is 77.0 Å². The summed E-state index contributed by atoms with van der Waals surface area (Å²) in [5.41, 5.74) is 1.10. The zero-order valence-electron chi connectivity index (χ0n) is 20.2. The first kappa shape index (κ1) is 30.9. The van der Waals surface area contributed by atoms with E-state index in [-0.39, 0.29) is 0 Å². The Kier molecular flexibility index (Phi) is 22.2. The smallest absolute Gasteiger partial charge is 0.320 e. The number of unbranched alkanes of at least 4 members (excludes halogenated alkanes) is 14. The number of hydrogen-bond donors (Lipinski definition) is 4. The standard InChI is InChI=1S/C25H49N2O4P/c1-22(26-21-17-16-19-23(27-32)25(30)31)18-14-12-10-8-6-4-2-3-5-7-9-11-13-15-20-24(28)29/h23,26-27H,1-21,32H2,(H,28,29)(H,30,31)/t23-/m0/s1. The average Bonchev–Trinajstić information content (AvgIpc) is 2.75. The van der Waals surface area contributed by atoms with Crippen molar-refractivity contribution in [3.63, 3.8) is 0 Å². The molecule has 0 spiro atoms. The second kappa shape index (κ2) is 23.0. The normalized spacial score (nSPS) is 11.9. The van der Waals surface area contributed by atoms with Gasteiger partial charge in [0.25, 0.3) is 0 Å². The molecular formula is C25H49N2O4P. The number of carboxylic acids is 2. The van der Waals surface area contributed by atoms with Gasteiger partial charge in [-0.2, -0.15) is 0 Å². The molecule has 0 aromatic rings. The molecule has 0 heterocycles. The summed E-state index contributed by atoms with van der Waals surface area (Å²) in [5.74, 6) is -1.47. The zero-order valence-corrected chi connectivity index (χ0v) is 21.4. The summed E-state index contributed by atoms with van der Waals surface area (Å²) >= 11 is 0. The van der Waals surface area contributed by atoms with E-state index in [9.17, 15) is 9.59 Å². The molecule has 0 saturated carbocycles. The zero-order chi connectivity index (χ0) is 23.9. The molecule has 1 unspecified atom stereocenters. The summed E-state index contributed by atoms with van der Waals surface area (Å²) in [6.45, 7) is 4.97. The molecule has 2 atom stereocenters. The average molecular weight is 473 g/mol. The lowest BCUT2D eigenvalue weighted by Crippen LogP contribution is -2.30. The Balaban J connectivity index is 3.26. The van der Waals surface area contributed by atoms with Crippen molar-refractivity contribution in [2.45, 2.75) is 128 Å². The third kappa shape index (κ3) is 22.1. The van der Waals surface area contributed by atoms with Crippen LogP contribution in [0.4, 0.5) is 0 Å². The van der Waals surface area contributed by atoms with Gasteiger partial charge in [0.05, 0.1) is 0 Å². The van der Waals surface area contributed by atoms with Gasteiger partial charge in [-0.05, 0) is 38.5 Å². The molecule has 0 aliphatic heterocycles. The molecule has 188 valence electrons. The van der Waals surface area contributed by atoms with Crippen molar-refractivity contribution < 1.29 is 19.8 Å². The molecule has 0 aliphatic carbocycles. The first-order valence-corrected chi connectivity index (χ1v) is 13.4. The molecule has 0 radical (unpaired) electrons. The Labute approximate surface area is 198 Å². The van der Waals surface area contributed by atoms with Crippen molar-refractivity contribution in [3.05, 3.63) is 12.3 Å². The molecule has 0 aliphatic rings. The van der Waals surface area contributed by atoms with Gasteiger partial charge in [-0.15, -0.1) is 0 Å². The molecule has 4 N–H and O–H groups in total. The van der Waals surface area contributed by atoms with Crippen molar-refractivity contribution in [1.29, 1.82) is 0 Å². The second-order valence-electron chi connectivity index (χ2n) is 8.93. The van der Waals surface area contributed by atoms with Crippen LogP contribution in [0.2, 0.25) is 0 Å². The van der Waals surface area contributed by atoms with Gasteiger partial charge in [0.15, 0.2) is 0 Å². The fourth-order valence-corrected chi connectivity index (χ4v) is 4.15. The lowest BCUT2D eigenvalue weighted by Gasteiger charge is -2.12.